The van der Waals surface area contributed by atoms with Gasteiger partial charge in [-0.25, -0.2) is 9.67 Å². The average Bonchev–Trinajstić information content (AvgIpc) is 3.03. The minimum atomic E-state index is -0.154. The first kappa shape index (κ1) is 18.0. The lowest BCUT2D eigenvalue weighted by atomic mass is 10.0. The number of halogens is 1. The van der Waals surface area contributed by atoms with Crippen molar-refractivity contribution in [1.29, 1.82) is 0 Å². The molecule has 138 valence electrons. The van der Waals surface area contributed by atoms with Crippen molar-refractivity contribution in [2.24, 2.45) is 4.99 Å². The van der Waals surface area contributed by atoms with Gasteiger partial charge in [0, 0.05) is 11.3 Å². The van der Waals surface area contributed by atoms with E-state index >= 15 is 0 Å². The molecule has 5 heteroatoms. The standard InChI is InChI=1S/C23H18ClN3O/c1-16-21(23(28)27(26-16)18-12-6-3-7-13-18)22(17-10-4-2-5-11-17)25-20-15-9-8-14-19(20)24/h2-15,26H,1H3. The Bertz CT molecular complexity index is 1190. The fourth-order valence-electron chi connectivity index (χ4n) is 3.11. The largest absolute Gasteiger partial charge is 0.295 e. The Morgan fingerprint density at radius 3 is 2.18 bits per heavy atom. The van der Waals surface area contributed by atoms with Crippen molar-refractivity contribution in [1.82, 2.24) is 9.78 Å². The fourth-order valence-corrected chi connectivity index (χ4v) is 3.29. The summed E-state index contributed by atoms with van der Waals surface area (Å²) in [5, 5.41) is 3.70. The van der Waals surface area contributed by atoms with Crippen LogP contribution in [0.3, 0.4) is 0 Å². The molecular formula is C23H18ClN3O. The van der Waals surface area contributed by atoms with Crippen LogP contribution in [-0.4, -0.2) is 15.5 Å². The highest BCUT2D eigenvalue weighted by molar-refractivity contribution is 6.33. The van der Waals surface area contributed by atoms with Crippen LogP contribution in [0, 0.1) is 6.92 Å². The maximum atomic E-state index is 13.3. The van der Waals surface area contributed by atoms with Gasteiger partial charge in [-0.15, -0.1) is 0 Å². The van der Waals surface area contributed by atoms with Crippen LogP contribution >= 0.6 is 11.6 Å². The van der Waals surface area contributed by atoms with Gasteiger partial charge in [0.15, 0.2) is 0 Å². The summed E-state index contributed by atoms with van der Waals surface area (Å²) in [6, 6.07) is 26.5. The molecule has 1 N–H and O–H groups in total. The molecule has 0 saturated heterocycles. The highest BCUT2D eigenvalue weighted by Crippen LogP contribution is 2.26. The van der Waals surface area contributed by atoms with Crippen molar-refractivity contribution < 1.29 is 0 Å². The normalized spacial score (nSPS) is 11.6. The Hall–Kier alpha value is -3.37. The van der Waals surface area contributed by atoms with Gasteiger partial charge in [-0.3, -0.25) is 9.89 Å². The maximum absolute atomic E-state index is 13.3. The van der Waals surface area contributed by atoms with Gasteiger partial charge in [-0.2, -0.15) is 0 Å². The molecule has 0 atom stereocenters. The second-order valence-corrected chi connectivity index (χ2v) is 6.77. The third kappa shape index (κ3) is 3.42. The van der Waals surface area contributed by atoms with Crippen LogP contribution in [0.5, 0.6) is 0 Å². The molecule has 1 aromatic heterocycles. The van der Waals surface area contributed by atoms with Gasteiger partial charge in [0.2, 0.25) is 0 Å². The van der Waals surface area contributed by atoms with Gasteiger partial charge in [0.25, 0.3) is 5.56 Å². The number of aryl methyl sites for hydroxylation is 1. The van der Waals surface area contributed by atoms with E-state index in [-0.39, 0.29) is 5.56 Å². The minimum Gasteiger partial charge on any atom is -0.295 e. The molecule has 4 aromatic rings. The summed E-state index contributed by atoms with van der Waals surface area (Å²) in [7, 11) is 0. The zero-order valence-corrected chi connectivity index (χ0v) is 16.0. The van der Waals surface area contributed by atoms with Crippen molar-refractivity contribution in [2.45, 2.75) is 6.92 Å². The molecule has 0 spiro atoms. The predicted molar refractivity (Wildman–Crippen MR) is 114 cm³/mol. The number of aromatic amines is 1. The van der Waals surface area contributed by atoms with E-state index < -0.39 is 0 Å². The number of aromatic nitrogens is 2. The van der Waals surface area contributed by atoms with Gasteiger partial charge >= 0.3 is 0 Å². The molecule has 4 nitrogen and oxygen atoms in total. The van der Waals surface area contributed by atoms with Crippen molar-refractivity contribution >= 4 is 23.0 Å². The highest BCUT2D eigenvalue weighted by atomic mass is 35.5. The SMILES string of the molecule is Cc1[nH]n(-c2ccccc2)c(=O)c1C(=Nc1ccccc1Cl)c1ccccc1. The molecule has 4 rings (SSSR count). The first-order valence-electron chi connectivity index (χ1n) is 8.91. The summed E-state index contributed by atoms with van der Waals surface area (Å²) >= 11 is 6.33. The van der Waals surface area contributed by atoms with Crippen LogP contribution < -0.4 is 5.56 Å². The molecule has 0 saturated carbocycles. The van der Waals surface area contributed by atoms with Crippen LogP contribution in [0.15, 0.2) is 94.7 Å². The number of rotatable bonds is 4. The van der Waals surface area contributed by atoms with E-state index in [9.17, 15) is 4.79 Å². The van der Waals surface area contributed by atoms with Crippen LogP contribution in [0.4, 0.5) is 5.69 Å². The number of nitrogens with one attached hydrogen (secondary N) is 1. The molecule has 0 amide bonds. The molecule has 0 aliphatic heterocycles. The lowest BCUT2D eigenvalue weighted by Crippen LogP contribution is -2.21. The third-order valence-electron chi connectivity index (χ3n) is 4.45. The quantitative estimate of drug-likeness (QED) is 0.475. The van der Waals surface area contributed by atoms with E-state index in [1.54, 1.807) is 6.07 Å². The lowest BCUT2D eigenvalue weighted by molar-refractivity contribution is 0.835. The van der Waals surface area contributed by atoms with Crippen molar-refractivity contribution in [2.75, 3.05) is 0 Å². The Kier molecular flexibility index (Phi) is 4.96. The molecule has 0 aliphatic carbocycles. The fraction of sp³-hybridized carbons (Fsp3) is 0.0435. The molecule has 1 heterocycles. The summed E-state index contributed by atoms with van der Waals surface area (Å²) < 4.78 is 1.54. The number of aliphatic imine (C=N–C) groups is 1. The number of hydrogen-bond acceptors (Lipinski definition) is 2. The van der Waals surface area contributed by atoms with E-state index in [1.807, 2.05) is 85.8 Å². The summed E-state index contributed by atoms with van der Waals surface area (Å²) in [5.41, 5.74) is 3.93. The van der Waals surface area contributed by atoms with Gasteiger partial charge in [-0.1, -0.05) is 72.3 Å². The zero-order chi connectivity index (χ0) is 19.5. The van der Waals surface area contributed by atoms with Gasteiger partial charge in [0.1, 0.15) is 0 Å². The van der Waals surface area contributed by atoms with Gasteiger partial charge in [0.05, 0.1) is 27.7 Å². The first-order valence-corrected chi connectivity index (χ1v) is 9.29. The topological polar surface area (TPSA) is 50.1 Å². The van der Waals surface area contributed by atoms with Crippen molar-refractivity contribution in [3.05, 3.63) is 117 Å². The molecule has 3 aromatic carbocycles. The number of hydrogen-bond donors (Lipinski definition) is 1. The van der Waals surface area contributed by atoms with Crippen LogP contribution in [-0.2, 0) is 0 Å². The second kappa shape index (κ2) is 7.71. The predicted octanol–water partition coefficient (Wildman–Crippen LogP) is 5.30. The highest BCUT2D eigenvalue weighted by Gasteiger charge is 2.19. The Balaban J connectivity index is 1.96. The summed E-state index contributed by atoms with van der Waals surface area (Å²) in [4.78, 5) is 18.1. The van der Waals surface area contributed by atoms with E-state index in [2.05, 4.69) is 5.10 Å². The smallest absolute Gasteiger partial charge is 0.280 e. The van der Waals surface area contributed by atoms with Crippen LogP contribution in [0.2, 0.25) is 5.02 Å². The van der Waals surface area contributed by atoms with Gasteiger partial charge in [-0.05, 0) is 31.2 Å². The van der Waals surface area contributed by atoms with E-state index in [1.165, 1.54) is 4.68 Å². The molecule has 0 bridgehead atoms. The summed E-state index contributed by atoms with van der Waals surface area (Å²) in [6.45, 7) is 1.88. The Morgan fingerprint density at radius 2 is 1.50 bits per heavy atom. The molecule has 0 fully saturated rings. The Labute approximate surface area is 167 Å². The summed E-state index contributed by atoms with van der Waals surface area (Å²) in [6.07, 6.45) is 0. The molecule has 0 radical (unpaired) electrons. The average molecular weight is 388 g/mol. The number of benzene rings is 3. The molecule has 28 heavy (non-hydrogen) atoms. The van der Waals surface area contributed by atoms with E-state index in [0.29, 0.717) is 22.0 Å². The van der Waals surface area contributed by atoms with E-state index in [4.69, 9.17) is 16.6 Å². The Morgan fingerprint density at radius 1 is 0.893 bits per heavy atom. The van der Waals surface area contributed by atoms with E-state index in [0.717, 1.165) is 16.9 Å². The third-order valence-corrected chi connectivity index (χ3v) is 4.77. The van der Waals surface area contributed by atoms with Crippen LogP contribution in [0.1, 0.15) is 16.8 Å². The maximum Gasteiger partial charge on any atom is 0.280 e. The molecule has 0 unspecified atom stereocenters. The van der Waals surface area contributed by atoms with Crippen molar-refractivity contribution in [3.63, 3.8) is 0 Å². The van der Waals surface area contributed by atoms with Gasteiger partial charge < -0.3 is 0 Å². The molecular weight excluding hydrogens is 370 g/mol. The van der Waals surface area contributed by atoms with Crippen molar-refractivity contribution in [3.8, 4) is 5.69 Å². The van der Waals surface area contributed by atoms with Crippen LogP contribution in [0.25, 0.3) is 5.69 Å². The lowest BCUT2D eigenvalue weighted by Gasteiger charge is -2.07. The monoisotopic (exact) mass is 387 g/mol. The summed E-state index contributed by atoms with van der Waals surface area (Å²) in [5.74, 6) is 0. The molecule has 0 aliphatic rings. The number of para-hydroxylation sites is 2. The number of H-pyrrole nitrogens is 1. The second-order valence-electron chi connectivity index (χ2n) is 6.37. The first-order chi connectivity index (χ1) is 13.6. The minimum absolute atomic E-state index is 0.154. The zero-order valence-electron chi connectivity index (χ0n) is 15.3. The number of nitrogens with zero attached hydrogens (tertiary/aromatic N) is 2.